The summed E-state index contributed by atoms with van der Waals surface area (Å²) in [5, 5.41) is 29.8. The Morgan fingerprint density at radius 2 is 1.70 bits per heavy atom. The Hall–Kier alpha value is -3.89. The highest BCUT2D eigenvalue weighted by molar-refractivity contribution is 6.06. The number of carbonyl (C=O) groups excluding carboxylic acids is 1. The van der Waals surface area contributed by atoms with E-state index in [1.54, 1.807) is 24.7 Å². The first kappa shape index (κ1) is 17.9. The number of pyridine rings is 1. The fourth-order valence-corrected chi connectivity index (χ4v) is 2.77. The number of benzene rings is 1. The fourth-order valence-electron chi connectivity index (χ4n) is 2.77. The number of aromatic nitrogens is 3. The lowest BCUT2D eigenvalue weighted by molar-refractivity contribution is -0.395. The van der Waals surface area contributed by atoms with E-state index in [0.29, 0.717) is 11.3 Å². The maximum atomic E-state index is 12.5. The Kier molecular flexibility index (Phi) is 4.27. The Balaban J connectivity index is 2.00. The van der Waals surface area contributed by atoms with Gasteiger partial charge >= 0.3 is 0 Å². The lowest BCUT2D eigenvalue weighted by Gasteiger charge is -2.07. The molecule has 0 fully saturated rings. The van der Waals surface area contributed by atoms with Crippen LogP contribution in [0.25, 0.3) is 11.0 Å². The minimum Gasteiger partial charge on any atom is -0.321 e. The molecule has 0 spiro atoms. The van der Waals surface area contributed by atoms with Crippen LogP contribution < -0.4 is 5.32 Å². The van der Waals surface area contributed by atoms with Crippen LogP contribution in [-0.2, 0) is 7.05 Å². The first-order chi connectivity index (χ1) is 12.7. The molecule has 27 heavy (non-hydrogen) atoms. The summed E-state index contributed by atoms with van der Waals surface area (Å²) < 4.78 is 1.60. The van der Waals surface area contributed by atoms with E-state index in [4.69, 9.17) is 0 Å². The van der Waals surface area contributed by atoms with E-state index in [1.807, 2.05) is 0 Å². The predicted octanol–water partition coefficient (Wildman–Crippen LogP) is 2.65. The van der Waals surface area contributed by atoms with Crippen LogP contribution in [0.2, 0.25) is 0 Å². The van der Waals surface area contributed by atoms with Crippen LogP contribution in [0, 0.1) is 34.1 Å². The Morgan fingerprint density at radius 1 is 1.11 bits per heavy atom. The van der Waals surface area contributed by atoms with E-state index in [0.717, 1.165) is 23.2 Å². The van der Waals surface area contributed by atoms with Gasteiger partial charge in [0.15, 0.2) is 5.65 Å². The van der Waals surface area contributed by atoms with Gasteiger partial charge in [-0.1, -0.05) is 0 Å². The van der Waals surface area contributed by atoms with Crippen LogP contribution >= 0.6 is 0 Å². The minimum atomic E-state index is -0.758. The summed E-state index contributed by atoms with van der Waals surface area (Å²) in [7, 11) is 1.74. The van der Waals surface area contributed by atoms with Gasteiger partial charge in [0.05, 0.1) is 33.0 Å². The topological polar surface area (TPSA) is 146 Å². The number of nitrogens with one attached hydrogen (secondary N) is 1. The van der Waals surface area contributed by atoms with Crippen molar-refractivity contribution in [2.45, 2.75) is 13.8 Å². The zero-order valence-electron chi connectivity index (χ0n) is 14.6. The van der Waals surface area contributed by atoms with E-state index in [1.165, 1.54) is 13.1 Å². The lowest BCUT2D eigenvalue weighted by atomic mass is 10.1. The van der Waals surface area contributed by atoms with Gasteiger partial charge < -0.3 is 5.32 Å². The SMILES string of the molecule is Cc1c([N+](=O)[O-])cc(C(=O)Nc2cnc3c(c2)c(C)nn3C)cc1[N+](=O)[O-]. The molecule has 1 aromatic carbocycles. The summed E-state index contributed by atoms with van der Waals surface area (Å²) in [6.07, 6.45) is 1.42. The van der Waals surface area contributed by atoms with Crippen molar-refractivity contribution in [3.05, 3.63) is 61.4 Å². The molecule has 2 heterocycles. The number of nitro benzene ring substituents is 2. The maximum Gasteiger partial charge on any atom is 0.279 e. The molecule has 3 aromatic rings. The van der Waals surface area contributed by atoms with Crippen LogP contribution in [0.3, 0.4) is 0 Å². The van der Waals surface area contributed by atoms with Crippen LogP contribution in [0.5, 0.6) is 0 Å². The highest BCUT2D eigenvalue weighted by Crippen LogP contribution is 2.30. The summed E-state index contributed by atoms with van der Waals surface area (Å²) in [5.74, 6) is -0.719. The number of fused-ring (bicyclic) bond motifs is 1. The van der Waals surface area contributed by atoms with E-state index >= 15 is 0 Å². The number of amides is 1. The molecule has 0 saturated carbocycles. The highest BCUT2D eigenvalue weighted by Gasteiger charge is 2.25. The second-order valence-electron chi connectivity index (χ2n) is 5.91. The van der Waals surface area contributed by atoms with E-state index < -0.39 is 27.1 Å². The van der Waals surface area contributed by atoms with Crippen molar-refractivity contribution < 1.29 is 14.6 Å². The van der Waals surface area contributed by atoms with Crippen LogP contribution in [-0.4, -0.2) is 30.5 Å². The number of aryl methyl sites for hydroxylation is 2. The Labute approximate surface area is 151 Å². The van der Waals surface area contributed by atoms with E-state index in [9.17, 15) is 25.0 Å². The number of hydrogen-bond donors (Lipinski definition) is 1. The van der Waals surface area contributed by atoms with Crippen LogP contribution in [0.15, 0.2) is 24.4 Å². The smallest absolute Gasteiger partial charge is 0.279 e. The van der Waals surface area contributed by atoms with Gasteiger partial charge in [0.1, 0.15) is 5.56 Å². The molecule has 0 aliphatic carbocycles. The van der Waals surface area contributed by atoms with Gasteiger partial charge in [-0.2, -0.15) is 5.10 Å². The molecule has 11 nitrogen and oxygen atoms in total. The minimum absolute atomic E-state index is 0.115. The first-order valence-electron chi connectivity index (χ1n) is 7.73. The van der Waals surface area contributed by atoms with Crippen molar-refractivity contribution in [3.8, 4) is 0 Å². The normalized spacial score (nSPS) is 10.8. The van der Waals surface area contributed by atoms with E-state index in [2.05, 4.69) is 15.4 Å². The summed E-state index contributed by atoms with van der Waals surface area (Å²) in [4.78, 5) is 37.5. The molecule has 0 radical (unpaired) electrons. The van der Waals surface area contributed by atoms with Gasteiger partial charge in [0.2, 0.25) is 0 Å². The number of carbonyl (C=O) groups is 1. The third-order valence-corrected chi connectivity index (χ3v) is 4.13. The molecule has 0 aliphatic rings. The van der Waals surface area contributed by atoms with Gasteiger partial charge in [-0.25, -0.2) is 4.98 Å². The third kappa shape index (κ3) is 3.17. The Morgan fingerprint density at radius 3 is 2.26 bits per heavy atom. The van der Waals surface area contributed by atoms with Crippen molar-refractivity contribution >= 4 is 34.0 Å². The molecule has 0 atom stereocenters. The molecule has 0 unspecified atom stereocenters. The molecule has 2 aromatic heterocycles. The number of hydrogen-bond acceptors (Lipinski definition) is 7. The van der Waals surface area contributed by atoms with Crippen molar-refractivity contribution in [3.63, 3.8) is 0 Å². The molecule has 138 valence electrons. The maximum absolute atomic E-state index is 12.5. The van der Waals surface area contributed by atoms with Gasteiger partial charge in [-0.3, -0.25) is 29.7 Å². The van der Waals surface area contributed by atoms with Gasteiger partial charge in [0, 0.05) is 24.6 Å². The summed E-state index contributed by atoms with van der Waals surface area (Å²) in [5.41, 5.74) is 0.397. The van der Waals surface area contributed by atoms with Gasteiger partial charge in [-0.05, 0) is 19.9 Å². The molecule has 0 saturated heterocycles. The molecular weight excluding hydrogens is 356 g/mol. The van der Waals surface area contributed by atoms with Crippen molar-refractivity contribution in [2.24, 2.45) is 7.05 Å². The number of rotatable bonds is 4. The zero-order chi connectivity index (χ0) is 19.9. The molecule has 1 N–H and O–H groups in total. The molecule has 0 bridgehead atoms. The monoisotopic (exact) mass is 370 g/mol. The van der Waals surface area contributed by atoms with Gasteiger partial charge in [0.25, 0.3) is 17.3 Å². The first-order valence-corrected chi connectivity index (χ1v) is 7.73. The summed E-state index contributed by atoms with van der Waals surface area (Å²) >= 11 is 0. The van der Waals surface area contributed by atoms with Crippen molar-refractivity contribution in [1.82, 2.24) is 14.8 Å². The molecule has 3 rings (SSSR count). The third-order valence-electron chi connectivity index (χ3n) is 4.13. The largest absolute Gasteiger partial charge is 0.321 e. The standard InChI is InChI=1S/C16H14N6O5/c1-8-13(21(24)25)4-10(5-14(8)22(26)27)16(23)18-11-6-12-9(2)19-20(3)15(12)17-7-11/h4-7H,1-3H3,(H,18,23). The predicted molar refractivity (Wildman–Crippen MR) is 95.7 cm³/mol. The highest BCUT2D eigenvalue weighted by atomic mass is 16.6. The Bertz CT molecular complexity index is 1080. The number of nitro groups is 2. The van der Waals surface area contributed by atoms with Crippen LogP contribution in [0.1, 0.15) is 21.6 Å². The number of anilines is 1. The molecule has 11 heteroatoms. The van der Waals surface area contributed by atoms with E-state index in [-0.39, 0.29) is 11.1 Å². The average Bonchev–Trinajstić information content (AvgIpc) is 2.88. The molecule has 0 aliphatic heterocycles. The average molecular weight is 370 g/mol. The second kappa shape index (κ2) is 6.44. The summed E-state index contributed by atoms with van der Waals surface area (Å²) in [6, 6.07) is 3.69. The molecule has 1 amide bonds. The second-order valence-corrected chi connectivity index (χ2v) is 5.91. The zero-order valence-corrected chi connectivity index (χ0v) is 14.6. The fraction of sp³-hybridized carbons (Fsp3) is 0.188. The quantitative estimate of drug-likeness (QED) is 0.548. The van der Waals surface area contributed by atoms with Crippen molar-refractivity contribution in [1.29, 1.82) is 0 Å². The number of nitrogens with zero attached hydrogens (tertiary/aromatic N) is 5. The molecular formula is C16H14N6O5. The lowest BCUT2D eigenvalue weighted by Crippen LogP contribution is -2.13. The van der Waals surface area contributed by atoms with Crippen molar-refractivity contribution in [2.75, 3.05) is 5.32 Å². The van der Waals surface area contributed by atoms with Gasteiger partial charge in [-0.15, -0.1) is 0 Å². The summed E-state index contributed by atoms with van der Waals surface area (Å²) in [6.45, 7) is 3.06. The van der Waals surface area contributed by atoms with Crippen LogP contribution in [0.4, 0.5) is 17.1 Å².